The highest BCUT2D eigenvalue weighted by Gasteiger charge is 2.28. The molecule has 2 aliphatic rings. The maximum Gasteiger partial charge on any atom is 0.243 e. The van der Waals surface area contributed by atoms with Gasteiger partial charge in [0.15, 0.2) is 5.78 Å². The summed E-state index contributed by atoms with van der Waals surface area (Å²) in [4.78, 5) is 15.6. The SMILES string of the molecule is COc1ccc(OC)c(C(CNCC(=O)c2cccc(S(=O)(=O)N3CCCC3)c2)N2CCCCC2)c1. The van der Waals surface area contributed by atoms with Crippen LogP contribution in [0.15, 0.2) is 47.4 Å². The van der Waals surface area contributed by atoms with Crippen LogP contribution in [-0.4, -0.2) is 76.9 Å². The van der Waals surface area contributed by atoms with Crippen LogP contribution in [-0.2, 0) is 10.0 Å². The summed E-state index contributed by atoms with van der Waals surface area (Å²) in [6.07, 6.45) is 5.25. The highest BCUT2D eigenvalue weighted by Crippen LogP contribution is 2.34. The zero-order valence-electron chi connectivity index (χ0n) is 21.2. The Morgan fingerprint density at radius 3 is 2.36 bits per heavy atom. The summed E-state index contributed by atoms with van der Waals surface area (Å²) in [5.41, 5.74) is 1.42. The lowest BCUT2D eigenvalue weighted by Crippen LogP contribution is -2.40. The van der Waals surface area contributed by atoms with Crippen molar-refractivity contribution in [2.75, 3.05) is 53.5 Å². The first-order valence-electron chi connectivity index (χ1n) is 12.7. The Hall–Kier alpha value is -2.46. The van der Waals surface area contributed by atoms with Gasteiger partial charge in [0.2, 0.25) is 10.0 Å². The van der Waals surface area contributed by atoms with Crippen LogP contribution in [0, 0.1) is 0 Å². The minimum Gasteiger partial charge on any atom is -0.497 e. The van der Waals surface area contributed by atoms with E-state index in [0.717, 1.165) is 55.8 Å². The van der Waals surface area contributed by atoms with Crippen LogP contribution in [0.25, 0.3) is 0 Å². The summed E-state index contributed by atoms with van der Waals surface area (Å²) < 4.78 is 38.5. The molecule has 2 heterocycles. The van der Waals surface area contributed by atoms with Gasteiger partial charge in [-0.15, -0.1) is 0 Å². The molecule has 0 amide bonds. The maximum absolute atomic E-state index is 13.0. The van der Waals surface area contributed by atoms with Crippen molar-refractivity contribution in [2.24, 2.45) is 0 Å². The Kier molecular flexibility index (Phi) is 9.00. The Labute approximate surface area is 214 Å². The molecule has 2 saturated heterocycles. The molecule has 36 heavy (non-hydrogen) atoms. The Balaban J connectivity index is 1.47. The molecule has 0 aromatic heterocycles. The molecule has 0 spiro atoms. The minimum absolute atomic E-state index is 0.0185. The molecule has 0 saturated carbocycles. The second kappa shape index (κ2) is 12.2. The van der Waals surface area contributed by atoms with Crippen molar-refractivity contribution in [1.29, 1.82) is 0 Å². The number of methoxy groups -OCH3 is 2. The molecule has 2 aromatic rings. The number of nitrogens with zero attached hydrogens (tertiary/aromatic N) is 2. The summed E-state index contributed by atoms with van der Waals surface area (Å²) in [5.74, 6) is 1.42. The number of sulfonamides is 1. The number of likely N-dealkylation sites (tertiary alicyclic amines) is 1. The lowest BCUT2D eigenvalue weighted by Gasteiger charge is -2.35. The monoisotopic (exact) mass is 515 g/mol. The molecular formula is C27H37N3O5S. The van der Waals surface area contributed by atoms with Gasteiger partial charge in [-0.1, -0.05) is 18.6 Å². The molecule has 1 unspecified atom stereocenters. The van der Waals surface area contributed by atoms with Gasteiger partial charge in [-0.3, -0.25) is 9.69 Å². The normalized spacial score (nSPS) is 18.2. The van der Waals surface area contributed by atoms with Gasteiger partial charge in [-0.05, 0) is 69.1 Å². The van der Waals surface area contributed by atoms with E-state index in [1.165, 1.54) is 16.8 Å². The molecule has 1 N–H and O–H groups in total. The van der Waals surface area contributed by atoms with E-state index in [0.29, 0.717) is 25.2 Å². The fourth-order valence-corrected chi connectivity index (χ4v) is 6.66. The minimum atomic E-state index is -3.57. The third-order valence-electron chi connectivity index (χ3n) is 7.11. The van der Waals surface area contributed by atoms with Crippen molar-refractivity contribution >= 4 is 15.8 Å². The van der Waals surface area contributed by atoms with E-state index < -0.39 is 10.0 Å². The van der Waals surface area contributed by atoms with E-state index in [-0.39, 0.29) is 23.3 Å². The first-order valence-corrected chi connectivity index (χ1v) is 14.2. The standard InChI is InChI=1S/C27H37N3O5S/c1-34-22-11-12-27(35-2)24(18-22)25(29-13-4-3-5-14-29)19-28-20-26(31)21-9-8-10-23(17-21)36(32,33)30-15-6-7-16-30/h8-12,17-18,25,28H,3-7,13-16,19-20H2,1-2H3. The Morgan fingerprint density at radius 2 is 1.67 bits per heavy atom. The van der Waals surface area contributed by atoms with Crippen molar-refractivity contribution in [3.8, 4) is 11.5 Å². The molecule has 0 bridgehead atoms. The number of hydrogen-bond donors (Lipinski definition) is 1. The van der Waals surface area contributed by atoms with Gasteiger partial charge in [0.1, 0.15) is 11.5 Å². The highest BCUT2D eigenvalue weighted by molar-refractivity contribution is 7.89. The van der Waals surface area contributed by atoms with E-state index in [4.69, 9.17) is 9.47 Å². The van der Waals surface area contributed by atoms with E-state index in [1.807, 2.05) is 18.2 Å². The van der Waals surface area contributed by atoms with Gasteiger partial charge in [0.05, 0.1) is 31.7 Å². The average molecular weight is 516 g/mol. The van der Waals surface area contributed by atoms with Crippen LogP contribution >= 0.6 is 0 Å². The summed E-state index contributed by atoms with van der Waals surface area (Å²) >= 11 is 0. The van der Waals surface area contributed by atoms with Crippen LogP contribution < -0.4 is 14.8 Å². The molecule has 0 radical (unpaired) electrons. The number of ketones is 1. The van der Waals surface area contributed by atoms with Crippen molar-refractivity contribution in [3.05, 3.63) is 53.6 Å². The van der Waals surface area contributed by atoms with Gasteiger partial charge in [-0.2, -0.15) is 4.31 Å². The average Bonchev–Trinajstić information content (AvgIpc) is 3.47. The number of benzene rings is 2. The quantitative estimate of drug-likeness (QED) is 0.459. The smallest absolute Gasteiger partial charge is 0.243 e. The first kappa shape index (κ1) is 26.6. The zero-order chi connectivity index (χ0) is 25.5. The van der Waals surface area contributed by atoms with E-state index in [2.05, 4.69) is 10.2 Å². The third-order valence-corrected chi connectivity index (χ3v) is 9.00. The topological polar surface area (TPSA) is 88.2 Å². The van der Waals surface area contributed by atoms with Crippen molar-refractivity contribution in [2.45, 2.75) is 43.0 Å². The fraction of sp³-hybridized carbons (Fsp3) is 0.519. The van der Waals surface area contributed by atoms with E-state index in [1.54, 1.807) is 32.4 Å². The summed E-state index contributed by atoms with van der Waals surface area (Å²) in [7, 11) is -0.251. The lowest BCUT2D eigenvalue weighted by molar-refractivity contribution is 0.0983. The highest BCUT2D eigenvalue weighted by atomic mass is 32.2. The number of piperidine rings is 1. The lowest BCUT2D eigenvalue weighted by atomic mass is 10.00. The molecule has 196 valence electrons. The van der Waals surface area contributed by atoms with Gasteiger partial charge in [-0.25, -0.2) is 8.42 Å². The third kappa shape index (κ3) is 6.08. The van der Waals surface area contributed by atoms with Gasteiger partial charge in [0.25, 0.3) is 0 Å². The summed E-state index contributed by atoms with van der Waals surface area (Å²) in [6, 6.07) is 12.2. The number of ether oxygens (including phenoxy) is 2. The van der Waals surface area contributed by atoms with Crippen LogP contribution in [0.1, 0.15) is 54.1 Å². The number of Topliss-reactive ketones (excluding diaryl/α,β-unsaturated/α-hetero) is 1. The van der Waals surface area contributed by atoms with Gasteiger partial charge in [0, 0.05) is 30.8 Å². The van der Waals surface area contributed by atoms with Crippen molar-refractivity contribution in [1.82, 2.24) is 14.5 Å². The number of carbonyl (C=O) groups excluding carboxylic acids is 1. The second-order valence-corrected chi connectivity index (χ2v) is 11.4. The Bertz CT molecular complexity index is 1140. The van der Waals surface area contributed by atoms with Crippen LogP contribution in [0.4, 0.5) is 0 Å². The van der Waals surface area contributed by atoms with Crippen LogP contribution in [0.2, 0.25) is 0 Å². The number of carbonyl (C=O) groups is 1. The number of nitrogens with one attached hydrogen (secondary N) is 1. The maximum atomic E-state index is 13.0. The number of hydrogen-bond acceptors (Lipinski definition) is 7. The van der Waals surface area contributed by atoms with E-state index in [9.17, 15) is 13.2 Å². The molecule has 2 fully saturated rings. The predicted octanol–water partition coefficient (Wildman–Crippen LogP) is 3.49. The van der Waals surface area contributed by atoms with Crippen LogP contribution in [0.3, 0.4) is 0 Å². The molecule has 2 aromatic carbocycles. The molecule has 2 aliphatic heterocycles. The van der Waals surface area contributed by atoms with Crippen molar-refractivity contribution in [3.63, 3.8) is 0 Å². The first-order chi connectivity index (χ1) is 17.4. The van der Waals surface area contributed by atoms with Crippen molar-refractivity contribution < 1.29 is 22.7 Å². The predicted molar refractivity (Wildman–Crippen MR) is 139 cm³/mol. The molecular weight excluding hydrogens is 478 g/mol. The molecule has 4 rings (SSSR count). The largest absolute Gasteiger partial charge is 0.497 e. The fourth-order valence-electron chi connectivity index (χ4n) is 5.10. The zero-order valence-corrected chi connectivity index (χ0v) is 22.1. The Morgan fingerprint density at radius 1 is 0.944 bits per heavy atom. The molecule has 8 nitrogen and oxygen atoms in total. The van der Waals surface area contributed by atoms with Crippen LogP contribution in [0.5, 0.6) is 11.5 Å². The van der Waals surface area contributed by atoms with E-state index >= 15 is 0 Å². The molecule has 9 heteroatoms. The summed E-state index contributed by atoms with van der Waals surface area (Å²) in [5, 5.41) is 3.33. The summed E-state index contributed by atoms with van der Waals surface area (Å²) in [6.45, 7) is 3.71. The van der Waals surface area contributed by atoms with Gasteiger partial charge < -0.3 is 14.8 Å². The molecule has 0 aliphatic carbocycles. The number of rotatable bonds is 11. The van der Waals surface area contributed by atoms with Gasteiger partial charge >= 0.3 is 0 Å². The molecule has 1 atom stereocenters. The second-order valence-electron chi connectivity index (χ2n) is 9.41.